The van der Waals surface area contributed by atoms with Crippen LogP contribution in [0.25, 0.3) is 0 Å². The van der Waals surface area contributed by atoms with Gasteiger partial charge in [-0.05, 0) is 44.8 Å². The lowest BCUT2D eigenvalue weighted by Gasteiger charge is -2.28. The van der Waals surface area contributed by atoms with Crippen molar-refractivity contribution in [3.05, 3.63) is 35.9 Å². The number of nitrogens with one attached hydrogen (secondary N) is 1. The van der Waals surface area contributed by atoms with Crippen LogP contribution in [0.1, 0.15) is 37.8 Å². The number of carbonyl (C=O) groups excluding carboxylic acids is 1. The van der Waals surface area contributed by atoms with Crippen molar-refractivity contribution >= 4 is 29.1 Å². The number of nitrogens with zero attached hydrogens (tertiary/aromatic N) is 1. The van der Waals surface area contributed by atoms with Crippen LogP contribution in [0.4, 0.5) is 0 Å². The summed E-state index contributed by atoms with van der Waals surface area (Å²) in [6.07, 6.45) is 2.97. The molecule has 0 spiro atoms. The number of hydrogen-bond acceptors (Lipinski definition) is 2. The lowest BCUT2D eigenvalue weighted by Crippen LogP contribution is -2.40. The first-order valence-corrected chi connectivity index (χ1v) is 8.65. The van der Waals surface area contributed by atoms with Crippen LogP contribution in [0.15, 0.2) is 30.3 Å². The van der Waals surface area contributed by atoms with Gasteiger partial charge in [-0.15, -0.1) is 23.2 Å². The number of likely N-dealkylation sites (tertiary alicyclic amines) is 1. The van der Waals surface area contributed by atoms with Gasteiger partial charge in [0.2, 0.25) is 5.91 Å². The van der Waals surface area contributed by atoms with Gasteiger partial charge in [-0.1, -0.05) is 30.3 Å². The average molecular weight is 341 g/mol. The Balaban J connectivity index is 1.67. The maximum atomic E-state index is 12.4. The minimum Gasteiger partial charge on any atom is -0.354 e. The Morgan fingerprint density at radius 3 is 2.41 bits per heavy atom. The zero-order chi connectivity index (χ0) is 15.8. The molecule has 1 heterocycles. The molecule has 1 amide bonds. The lowest BCUT2D eigenvalue weighted by atomic mass is 10.0. The van der Waals surface area contributed by atoms with Gasteiger partial charge in [-0.2, -0.15) is 0 Å². The molecule has 1 saturated heterocycles. The molecule has 5 heteroatoms. The molecule has 1 aliphatic heterocycles. The van der Waals surface area contributed by atoms with Crippen molar-refractivity contribution in [3.63, 3.8) is 0 Å². The Morgan fingerprint density at radius 1 is 1.27 bits per heavy atom. The zero-order valence-electron chi connectivity index (χ0n) is 12.8. The van der Waals surface area contributed by atoms with Crippen LogP contribution in [0, 0.1) is 5.41 Å². The Kier molecular flexibility index (Phi) is 4.41. The van der Waals surface area contributed by atoms with E-state index in [1.807, 2.05) is 25.1 Å². The van der Waals surface area contributed by atoms with Crippen LogP contribution in [0.5, 0.6) is 0 Å². The molecule has 0 radical (unpaired) electrons. The Hall–Kier alpha value is -0.770. The van der Waals surface area contributed by atoms with E-state index in [0.717, 1.165) is 13.1 Å². The molecule has 2 fully saturated rings. The third-order valence-corrected chi connectivity index (χ3v) is 6.08. The SMILES string of the molecule is CC1(C(=O)NCC(c2ccccc2)N2CCCC2)CC1(Cl)Cl. The zero-order valence-corrected chi connectivity index (χ0v) is 14.3. The molecule has 1 aromatic carbocycles. The van der Waals surface area contributed by atoms with Gasteiger partial charge in [0.15, 0.2) is 0 Å². The molecule has 1 N–H and O–H groups in total. The van der Waals surface area contributed by atoms with E-state index < -0.39 is 9.75 Å². The Morgan fingerprint density at radius 2 is 1.86 bits per heavy atom. The molecule has 2 aliphatic rings. The van der Waals surface area contributed by atoms with E-state index >= 15 is 0 Å². The molecule has 1 aromatic rings. The van der Waals surface area contributed by atoms with Gasteiger partial charge in [-0.25, -0.2) is 0 Å². The second-order valence-electron chi connectivity index (χ2n) is 6.59. The van der Waals surface area contributed by atoms with Crippen molar-refractivity contribution in [2.24, 2.45) is 5.41 Å². The van der Waals surface area contributed by atoms with E-state index in [-0.39, 0.29) is 11.9 Å². The van der Waals surface area contributed by atoms with Gasteiger partial charge in [-0.3, -0.25) is 9.69 Å². The van der Waals surface area contributed by atoms with Gasteiger partial charge in [0.1, 0.15) is 4.33 Å². The summed E-state index contributed by atoms with van der Waals surface area (Å²) >= 11 is 12.2. The monoisotopic (exact) mass is 340 g/mol. The van der Waals surface area contributed by atoms with Crippen LogP contribution in [-0.2, 0) is 4.79 Å². The summed E-state index contributed by atoms with van der Waals surface area (Å²) in [7, 11) is 0. The van der Waals surface area contributed by atoms with Crippen LogP contribution < -0.4 is 5.32 Å². The number of benzene rings is 1. The van der Waals surface area contributed by atoms with Gasteiger partial charge in [0.05, 0.1) is 11.5 Å². The fourth-order valence-electron chi connectivity index (χ4n) is 3.22. The van der Waals surface area contributed by atoms with Crippen LogP contribution >= 0.6 is 23.2 Å². The van der Waals surface area contributed by atoms with Gasteiger partial charge in [0.25, 0.3) is 0 Å². The van der Waals surface area contributed by atoms with Gasteiger partial charge in [0, 0.05) is 6.54 Å². The summed E-state index contributed by atoms with van der Waals surface area (Å²) in [5, 5.41) is 3.07. The van der Waals surface area contributed by atoms with E-state index in [4.69, 9.17) is 23.2 Å². The standard InChI is InChI=1S/C17H22Cl2N2O/c1-16(12-17(16,18)19)15(22)20-11-14(21-9-5-6-10-21)13-7-3-2-4-8-13/h2-4,7-8,14H,5-6,9-12H2,1H3,(H,20,22). The number of hydrogen-bond donors (Lipinski definition) is 1. The van der Waals surface area contributed by atoms with E-state index in [2.05, 4.69) is 22.3 Å². The van der Waals surface area contributed by atoms with Crippen molar-refractivity contribution in [2.75, 3.05) is 19.6 Å². The maximum Gasteiger partial charge on any atom is 0.229 e. The summed E-state index contributed by atoms with van der Waals surface area (Å²) in [5.74, 6) is -0.0439. The largest absolute Gasteiger partial charge is 0.354 e. The molecule has 2 atom stereocenters. The molecule has 120 valence electrons. The number of halogens is 2. The molecule has 1 aliphatic carbocycles. The number of carbonyl (C=O) groups is 1. The predicted molar refractivity (Wildman–Crippen MR) is 90.2 cm³/mol. The van der Waals surface area contributed by atoms with Crippen LogP contribution in [-0.4, -0.2) is 34.8 Å². The molecule has 3 nitrogen and oxygen atoms in total. The number of alkyl halides is 2. The number of amides is 1. The molecular weight excluding hydrogens is 319 g/mol. The van der Waals surface area contributed by atoms with Crippen molar-refractivity contribution in [2.45, 2.75) is 36.6 Å². The fourth-order valence-corrected chi connectivity index (χ4v) is 3.92. The average Bonchev–Trinajstić information content (AvgIpc) is 2.86. The summed E-state index contributed by atoms with van der Waals surface area (Å²) in [6, 6.07) is 10.6. The first-order valence-electron chi connectivity index (χ1n) is 7.89. The lowest BCUT2D eigenvalue weighted by molar-refractivity contribution is -0.126. The third kappa shape index (κ3) is 2.99. The third-order valence-electron chi connectivity index (χ3n) is 4.98. The molecule has 22 heavy (non-hydrogen) atoms. The van der Waals surface area contributed by atoms with Crippen molar-refractivity contribution in [1.82, 2.24) is 10.2 Å². The van der Waals surface area contributed by atoms with Gasteiger partial charge >= 0.3 is 0 Å². The normalized spacial score (nSPS) is 28.3. The topological polar surface area (TPSA) is 32.3 Å². The summed E-state index contributed by atoms with van der Waals surface area (Å²) in [5.41, 5.74) is 0.594. The minimum atomic E-state index is -0.910. The summed E-state index contributed by atoms with van der Waals surface area (Å²) in [6.45, 7) is 4.60. The Bertz CT molecular complexity index is 543. The second kappa shape index (κ2) is 6.03. The second-order valence-corrected chi connectivity index (χ2v) is 8.08. The first kappa shape index (κ1) is 16.1. The quantitative estimate of drug-likeness (QED) is 0.831. The molecule has 1 saturated carbocycles. The van der Waals surface area contributed by atoms with Crippen molar-refractivity contribution in [3.8, 4) is 0 Å². The van der Waals surface area contributed by atoms with E-state index in [9.17, 15) is 4.79 Å². The predicted octanol–water partition coefficient (Wildman–Crippen LogP) is 3.52. The highest BCUT2D eigenvalue weighted by Crippen LogP contribution is 2.63. The van der Waals surface area contributed by atoms with E-state index in [1.165, 1.54) is 18.4 Å². The first-order chi connectivity index (χ1) is 10.4. The highest BCUT2D eigenvalue weighted by Gasteiger charge is 2.67. The van der Waals surface area contributed by atoms with Gasteiger partial charge < -0.3 is 5.32 Å². The number of rotatable bonds is 5. The molecule has 2 unspecified atom stereocenters. The van der Waals surface area contributed by atoms with Crippen molar-refractivity contribution in [1.29, 1.82) is 0 Å². The summed E-state index contributed by atoms with van der Waals surface area (Å²) < 4.78 is -0.910. The fraction of sp³-hybridized carbons (Fsp3) is 0.588. The smallest absolute Gasteiger partial charge is 0.229 e. The Labute approximate surface area is 142 Å². The van der Waals surface area contributed by atoms with Crippen LogP contribution in [0.2, 0.25) is 0 Å². The molecule has 0 bridgehead atoms. The van der Waals surface area contributed by atoms with Crippen LogP contribution in [0.3, 0.4) is 0 Å². The highest BCUT2D eigenvalue weighted by molar-refractivity contribution is 6.53. The van der Waals surface area contributed by atoms with E-state index in [1.54, 1.807) is 0 Å². The molecule has 3 rings (SSSR count). The maximum absolute atomic E-state index is 12.4. The minimum absolute atomic E-state index is 0.0439. The highest BCUT2D eigenvalue weighted by atomic mass is 35.5. The van der Waals surface area contributed by atoms with E-state index in [0.29, 0.717) is 13.0 Å². The molecular formula is C17H22Cl2N2O. The van der Waals surface area contributed by atoms with Crippen molar-refractivity contribution < 1.29 is 4.79 Å². The molecule has 0 aromatic heterocycles. The summed E-state index contributed by atoms with van der Waals surface area (Å²) in [4.78, 5) is 14.8.